The van der Waals surface area contributed by atoms with E-state index >= 15 is 0 Å². The summed E-state index contributed by atoms with van der Waals surface area (Å²) in [6.07, 6.45) is 10.4. The molecule has 1 aromatic carbocycles. The fourth-order valence-electron chi connectivity index (χ4n) is 4.17. The summed E-state index contributed by atoms with van der Waals surface area (Å²) in [6, 6.07) is 9.12. The number of carbonyl (C=O) groups is 1. The average molecular weight is 428 g/mol. The lowest BCUT2D eigenvalue weighted by Gasteiger charge is -2.22. The number of fused-ring (bicyclic) bond motifs is 1. The zero-order valence-electron chi connectivity index (χ0n) is 16.7. The van der Waals surface area contributed by atoms with Crippen molar-refractivity contribution >= 4 is 46.7 Å². The van der Waals surface area contributed by atoms with Crippen molar-refractivity contribution in [3.8, 4) is 0 Å². The number of amides is 1. The summed E-state index contributed by atoms with van der Waals surface area (Å²) in [6.45, 7) is 0. The van der Waals surface area contributed by atoms with Gasteiger partial charge >= 0.3 is 0 Å². The van der Waals surface area contributed by atoms with E-state index in [9.17, 15) is 4.79 Å². The Hall–Kier alpha value is -2.87. The standard InChI is InChI=1S/C21H25N7O.ClH/c22-19(29)18-20(25-21(27-26-18)23-13-5-2-1-3-6-13)24-16-7-4-8-17-15(16)11-12-28(17)14-9-10-14;/h4,7-8,11-14H,1-3,5-6,9-10H2,(H2,22,29)(H2,23,24,25,27);1H. The van der Waals surface area contributed by atoms with E-state index in [0.29, 0.717) is 23.8 Å². The highest BCUT2D eigenvalue weighted by atomic mass is 35.5. The van der Waals surface area contributed by atoms with Crippen LogP contribution in [0, 0.1) is 0 Å². The molecule has 0 radical (unpaired) electrons. The van der Waals surface area contributed by atoms with Crippen LogP contribution < -0.4 is 16.4 Å². The molecule has 0 saturated heterocycles. The van der Waals surface area contributed by atoms with Crippen molar-refractivity contribution in [2.75, 3.05) is 10.6 Å². The molecule has 2 aliphatic rings. The van der Waals surface area contributed by atoms with Crippen LogP contribution in [0.2, 0.25) is 0 Å². The summed E-state index contributed by atoms with van der Waals surface area (Å²) in [4.78, 5) is 16.4. The van der Waals surface area contributed by atoms with E-state index in [4.69, 9.17) is 5.73 Å². The summed E-state index contributed by atoms with van der Waals surface area (Å²) >= 11 is 0. The molecule has 30 heavy (non-hydrogen) atoms. The molecule has 158 valence electrons. The van der Waals surface area contributed by atoms with Crippen LogP contribution in [0.5, 0.6) is 0 Å². The lowest BCUT2D eigenvalue weighted by Crippen LogP contribution is -2.25. The first kappa shape index (κ1) is 20.4. The summed E-state index contributed by atoms with van der Waals surface area (Å²) in [7, 11) is 0. The minimum absolute atomic E-state index is 0. The number of aromatic nitrogens is 4. The predicted molar refractivity (Wildman–Crippen MR) is 120 cm³/mol. The van der Waals surface area contributed by atoms with E-state index in [-0.39, 0.29) is 18.1 Å². The highest BCUT2D eigenvalue weighted by Crippen LogP contribution is 2.39. The second-order valence-electron chi connectivity index (χ2n) is 7.99. The molecule has 0 bridgehead atoms. The average Bonchev–Trinajstić information content (AvgIpc) is 3.47. The Morgan fingerprint density at radius 2 is 1.87 bits per heavy atom. The topological polar surface area (TPSA) is 111 Å². The van der Waals surface area contributed by atoms with Gasteiger partial charge in [-0.2, -0.15) is 4.98 Å². The SMILES string of the molecule is Cl.NC(=O)c1nnc(NC2CCCCC2)nc1Nc1cccc2c1ccn2C1CC1. The molecule has 1 amide bonds. The second-order valence-corrected chi connectivity index (χ2v) is 7.99. The quantitative estimate of drug-likeness (QED) is 0.544. The molecule has 8 nitrogen and oxygen atoms in total. The number of halogens is 1. The number of nitrogens with zero attached hydrogens (tertiary/aromatic N) is 4. The van der Waals surface area contributed by atoms with Crippen molar-refractivity contribution in [2.24, 2.45) is 5.73 Å². The monoisotopic (exact) mass is 427 g/mol. The van der Waals surface area contributed by atoms with Crippen LogP contribution in [0.4, 0.5) is 17.5 Å². The molecule has 0 unspecified atom stereocenters. The molecular formula is C21H26ClN7O. The van der Waals surface area contributed by atoms with Crippen LogP contribution in [0.25, 0.3) is 10.9 Å². The van der Waals surface area contributed by atoms with Crippen LogP contribution in [-0.4, -0.2) is 31.7 Å². The highest BCUT2D eigenvalue weighted by Gasteiger charge is 2.25. The molecule has 3 aromatic rings. The molecule has 5 rings (SSSR count). The van der Waals surface area contributed by atoms with Gasteiger partial charge in [-0.25, -0.2) is 0 Å². The zero-order valence-corrected chi connectivity index (χ0v) is 17.5. The maximum atomic E-state index is 11.9. The molecule has 2 fully saturated rings. The summed E-state index contributed by atoms with van der Waals surface area (Å²) < 4.78 is 2.31. The molecule has 2 aromatic heterocycles. The Morgan fingerprint density at radius 3 is 2.60 bits per heavy atom. The van der Waals surface area contributed by atoms with Crippen LogP contribution in [0.15, 0.2) is 30.5 Å². The maximum absolute atomic E-state index is 11.9. The van der Waals surface area contributed by atoms with Gasteiger partial charge in [0, 0.05) is 29.4 Å². The number of hydrogen-bond donors (Lipinski definition) is 3. The van der Waals surface area contributed by atoms with Crippen LogP contribution in [0.3, 0.4) is 0 Å². The molecule has 0 aliphatic heterocycles. The van der Waals surface area contributed by atoms with Crippen LogP contribution >= 0.6 is 12.4 Å². The van der Waals surface area contributed by atoms with E-state index in [1.54, 1.807) is 0 Å². The minimum atomic E-state index is -0.653. The number of nitrogens with one attached hydrogen (secondary N) is 2. The first-order valence-corrected chi connectivity index (χ1v) is 10.4. The number of nitrogens with two attached hydrogens (primary N) is 1. The third kappa shape index (κ3) is 4.05. The smallest absolute Gasteiger partial charge is 0.273 e. The molecule has 2 aliphatic carbocycles. The summed E-state index contributed by atoms with van der Waals surface area (Å²) in [5, 5.41) is 15.8. The Morgan fingerprint density at radius 1 is 1.07 bits per heavy atom. The summed E-state index contributed by atoms with van der Waals surface area (Å²) in [5.41, 5.74) is 7.60. The minimum Gasteiger partial charge on any atom is -0.364 e. The van der Waals surface area contributed by atoms with Crippen LogP contribution in [0.1, 0.15) is 61.5 Å². The lowest BCUT2D eigenvalue weighted by atomic mass is 9.96. The maximum Gasteiger partial charge on any atom is 0.273 e. The highest BCUT2D eigenvalue weighted by molar-refractivity contribution is 5.99. The van der Waals surface area contributed by atoms with Crippen molar-refractivity contribution in [2.45, 2.75) is 57.0 Å². The lowest BCUT2D eigenvalue weighted by molar-refractivity contribution is 0.0995. The van der Waals surface area contributed by atoms with Gasteiger partial charge in [-0.3, -0.25) is 4.79 Å². The van der Waals surface area contributed by atoms with Gasteiger partial charge in [0.05, 0.1) is 5.52 Å². The van der Waals surface area contributed by atoms with Gasteiger partial charge in [0.15, 0.2) is 11.5 Å². The van der Waals surface area contributed by atoms with Crippen LogP contribution in [-0.2, 0) is 0 Å². The first-order valence-electron chi connectivity index (χ1n) is 10.4. The largest absolute Gasteiger partial charge is 0.364 e. The van der Waals surface area contributed by atoms with Gasteiger partial charge < -0.3 is 20.9 Å². The molecule has 2 saturated carbocycles. The Kier molecular flexibility index (Phi) is 5.76. The normalized spacial score (nSPS) is 16.8. The fraction of sp³-hybridized carbons (Fsp3) is 0.429. The third-order valence-corrected chi connectivity index (χ3v) is 5.81. The number of hydrogen-bond acceptors (Lipinski definition) is 6. The van der Waals surface area contributed by atoms with Gasteiger partial charge in [-0.15, -0.1) is 22.6 Å². The molecular weight excluding hydrogens is 402 g/mol. The van der Waals surface area contributed by atoms with E-state index < -0.39 is 5.91 Å². The number of carbonyl (C=O) groups excluding carboxylic acids is 1. The van der Waals surface area contributed by atoms with Crippen molar-refractivity contribution in [3.05, 3.63) is 36.2 Å². The van der Waals surface area contributed by atoms with E-state index in [2.05, 4.69) is 48.7 Å². The van der Waals surface area contributed by atoms with Gasteiger partial charge in [0.25, 0.3) is 5.91 Å². The number of anilines is 3. The predicted octanol–water partition coefficient (Wildman–Crippen LogP) is 4.17. The molecule has 9 heteroatoms. The summed E-state index contributed by atoms with van der Waals surface area (Å²) in [5.74, 6) is 0.101. The number of primary amides is 1. The Balaban J connectivity index is 0.00000218. The number of benzene rings is 1. The molecule has 2 heterocycles. The van der Waals surface area contributed by atoms with Crippen molar-refractivity contribution < 1.29 is 4.79 Å². The number of rotatable bonds is 6. The fourth-order valence-corrected chi connectivity index (χ4v) is 4.17. The van der Waals surface area contributed by atoms with Crippen molar-refractivity contribution in [3.63, 3.8) is 0 Å². The van der Waals surface area contributed by atoms with Crippen molar-refractivity contribution in [1.82, 2.24) is 19.7 Å². The van der Waals surface area contributed by atoms with E-state index in [1.165, 1.54) is 37.6 Å². The van der Waals surface area contributed by atoms with Gasteiger partial charge in [0.2, 0.25) is 5.95 Å². The second kappa shape index (κ2) is 8.47. The van der Waals surface area contributed by atoms with Crippen molar-refractivity contribution in [1.29, 1.82) is 0 Å². The third-order valence-electron chi connectivity index (χ3n) is 5.81. The van der Waals surface area contributed by atoms with E-state index in [1.807, 2.05) is 12.1 Å². The van der Waals surface area contributed by atoms with Gasteiger partial charge in [-0.05, 0) is 43.9 Å². The Labute approximate surface area is 181 Å². The molecule has 4 N–H and O–H groups in total. The van der Waals surface area contributed by atoms with E-state index in [0.717, 1.165) is 23.9 Å². The zero-order chi connectivity index (χ0) is 19.8. The Bertz CT molecular complexity index is 1060. The van der Waals surface area contributed by atoms with Gasteiger partial charge in [0.1, 0.15) is 0 Å². The first-order chi connectivity index (χ1) is 14.2. The molecule has 0 atom stereocenters. The molecule has 0 spiro atoms. The van der Waals surface area contributed by atoms with Gasteiger partial charge in [-0.1, -0.05) is 25.3 Å².